The van der Waals surface area contributed by atoms with Crippen LogP contribution in [-0.2, 0) is 0 Å². The van der Waals surface area contributed by atoms with Crippen LogP contribution >= 0.6 is 15.9 Å². The van der Waals surface area contributed by atoms with Gasteiger partial charge in [-0.25, -0.2) is 9.97 Å². The lowest BCUT2D eigenvalue weighted by molar-refractivity contribution is 0.783. The van der Waals surface area contributed by atoms with Gasteiger partial charge < -0.3 is 5.32 Å². The molecule has 0 saturated carbocycles. The molecule has 1 heterocycles. The van der Waals surface area contributed by atoms with Gasteiger partial charge in [-0.2, -0.15) is 5.26 Å². The van der Waals surface area contributed by atoms with Gasteiger partial charge in [0, 0.05) is 16.4 Å². The molecule has 1 atom stereocenters. The summed E-state index contributed by atoms with van der Waals surface area (Å²) < 4.78 is 0.983. The molecule has 0 aliphatic rings. The van der Waals surface area contributed by atoms with Gasteiger partial charge >= 0.3 is 0 Å². The Labute approximate surface area is 108 Å². The van der Waals surface area contributed by atoms with E-state index in [-0.39, 0.29) is 5.92 Å². The van der Waals surface area contributed by atoms with Crippen LogP contribution in [0.4, 0.5) is 5.82 Å². The second-order valence-electron chi connectivity index (χ2n) is 3.79. The summed E-state index contributed by atoms with van der Waals surface area (Å²) >= 11 is 3.42. The third-order valence-corrected chi connectivity index (χ3v) is 2.89. The number of anilines is 1. The summed E-state index contributed by atoms with van der Waals surface area (Å²) in [4.78, 5) is 8.40. The van der Waals surface area contributed by atoms with E-state index in [2.05, 4.69) is 37.3 Å². The summed E-state index contributed by atoms with van der Waals surface area (Å²) in [6.07, 6.45) is 1.52. The fourth-order valence-corrected chi connectivity index (χ4v) is 1.83. The van der Waals surface area contributed by atoms with E-state index in [9.17, 15) is 0 Å². The molecule has 4 nitrogen and oxygen atoms in total. The number of halogens is 1. The van der Waals surface area contributed by atoms with Crippen LogP contribution in [0.25, 0.3) is 10.9 Å². The van der Waals surface area contributed by atoms with Crippen molar-refractivity contribution >= 4 is 32.7 Å². The third kappa shape index (κ3) is 2.71. The lowest BCUT2D eigenvalue weighted by atomic mass is 10.2. The number of nitriles is 1. The predicted octanol–water partition coefficient (Wildman–Crippen LogP) is 2.96. The highest BCUT2D eigenvalue weighted by molar-refractivity contribution is 9.10. The minimum atomic E-state index is -0.0489. The van der Waals surface area contributed by atoms with E-state index in [0.29, 0.717) is 6.54 Å². The molecule has 0 fully saturated rings. The van der Waals surface area contributed by atoms with Crippen molar-refractivity contribution < 1.29 is 0 Å². The second kappa shape index (κ2) is 5.11. The van der Waals surface area contributed by atoms with E-state index < -0.39 is 0 Å². The second-order valence-corrected chi connectivity index (χ2v) is 4.71. The van der Waals surface area contributed by atoms with Crippen molar-refractivity contribution in [1.29, 1.82) is 5.26 Å². The molecule has 0 radical (unpaired) electrons. The molecule has 0 unspecified atom stereocenters. The highest BCUT2D eigenvalue weighted by Crippen LogP contribution is 2.23. The first-order valence-corrected chi connectivity index (χ1v) is 6.04. The van der Waals surface area contributed by atoms with Gasteiger partial charge in [-0.3, -0.25) is 0 Å². The Morgan fingerprint density at radius 3 is 3.06 bits per heavy atom. The Kier molecular flexibility index (Phi) is 3.55. The molecule has 1 N–H and O–H groups in total. The summed E-state index contributed by atoms with van der Waals surface area (Å²) in [5, 5.41) is 12.9. The molecule has 5 heteroatoms. The van der Waals surface area contributed by atoms with Gasteiger partial charge in [-0.1, -0.05) is 15.9 Å². The van der Waals surface area contributed by atoms with E-state index in [1.165, 1.54) is 6.33 Å². The van der Waals surface area contributed by atoms with Crippen molar-refractivity contribution in [2.24, 2.45) is 5.92 Å². The smallest absolute Gasteiger partial charge is 0.137 e. The third-order valence-electron chi connectivity index (χ3n) is 2.39. The number of nitrogens with one attached hydrogen (secondary N) is 1. The lowest BCUT2D eigenvalue weighted by Crippen LogP contribution is -2.10. The maximum absolute atomic E-state index is 8.74. The molecular formula is C12H11BrN4. The van der Waals surface area contributed by atoms with E-state index >= 15 is 0 Å². The summed E-state index contributed by atoms with van der Waals surface area (Å²) in [6.45, 7) is 2.45. The van der Waals surface area contributed by atoms with E-state index in [0.717, 1.165) is 21.2 Å². The zero-order chi connectivity index (χ0) is 12.3. The molecule has 2 aromatic rings. The Bertz CT molecular complexity index is 576. The van der Waals surface area contributed by atoms with Crippen LogP contribution in [0.3, 0.4) is 0 Å². The molecule has 0 bridgehead atoms. The molecule has 0 aliphatic carbocycles. The highest BCUT2D eigenvalue weighted by atomic mass is 79.9. The van der Waals surface area contributed by atoms with E-state index in [4.69, 9.17) is 5.26 Å². The van der Waals surface area contributed by atoms with Crippen molar-refractivity contribution in [2.45, 2.75) is 6.92 Å². The number of benzene rings is 1. The fourth-order valence-electron chi connectivity index (χ4n) is 1.47. The van der Waals surface area contributed by atoms with Crippen molar-refractivity contribution in [3.05, 3.63) is 29.0 Å². The van der Waals surface area contributed by atoms with Crippen molar-refractivity contribution in [2.75, 3.05) is 11.9 Å². The Morgan fingerprint density at radius 1 is 1.47 bits per heavy atom. The highest BCUT2D eigenvalue weighted by Gasteiger charge is 2.05. The Morgan fingerprint density at radius 2 is 2.29 bits per heavy atom. The lowest BCUT2D eigenvalue weighted by Gasteiger charge is -2.09. The summed E-state index contributed by atoms with van der Waals surface area (Å²) in [5.41, 5.74) is 0.885. The maximum Gasteiger partial charge on any atom is 0.137 e. The quantitative estimate of drug-likeness (QED) is 0.944. The van der Waals surface area contributed by atoms with Crippen LogP contribution in [0.5, 0.6) is 0 Å². The first-order valence-electron chi connectivity index (χ1n) is 5.24. The minimum absolute atomic E-state index is 0.0489. The van der Waals surface area contributed by atoms with E-state index in [1.54, 1.807) is 0 Å². The van der Waals surface area contributed by atoms with Crippen LogP contribution in [0.1, 0.15) is 6.92 Å². The number of hydrogen-bond acceptors (Lipinski definition) is 4. The van der Waals surface area contributed by atoms with Gasteiger partial charge in [0.2, 0.25) is 0 Å². The summed E-state index contributed by atoms with van der Waals surface area (Å²) in [7, 11) is 0. The molecule has 0 aliphatic heterocycles. The average molecular weight is 291 g/mol. The molecule has 0 saturated heterocycles. The SMILES string of the molecule is C[C@H](C#N)CNc1ncnc2ccc(Br)cc12. The summed E-state index contributed by atoms with van der Waals surface area (Å²) in [6, 6.07) is 8.02. The number of rotatable bonds is 3. The zero-order valence-corrected chi connectivity index (χ0v) is 10.9. The number of nitrogens with zero attached hydrogens (tertiary/aromatic N) is 3. The average Bonchev–Trinajstić information content (AvgIpc) is 2.35. The van der Waals surface area contributed by atoms with E-state index in [1.807, 2.05) is 25.1 Å². The molecule has 86 valence electrons. The van der Waals surface area contributed by atoms with Crippen LogP contribution < -0.4 is 5.32 Å². The molecule has 17 heavy (non-hydrogen) atoms. The fraction of sp³-hybridized carbons (Fsp3) is 0.250. The minimum Gasteiger partial charge on any atom is -0.368 e. The molecule has 1 aromatic heterocycles. The largest absolute Gasteiger partial charge is 0.368 e. The molecular weight excluding hydrogens is 280 g/mol. The maximum atomic E-state index is 8.74. The van der Waals surface area contributed by atoms with Crippen molar-refractivity contribution in [1.82, 2.24) is 9.97 Å². The van der Waals surface area contributed by atoms with Crippen LogP contribution in [0.2, 0.25) is 0 Å². The van der Waals surface area contributed by atoms with Crippen molar-refractivity contribution in [3.63, 3.8) is 0 Å². The molecule has 0 spiro atoms. The standard InChI is InChI=1S/C12H11BrN4/c1-8(5-14)6-15-12-10-4-9(13)2-3-11(10)16-7-17-12/h2-4,7-8H,6H2,1H3,(H,15,16,17)/t8-/m1/s1. The van der Waals surface area contributed by atoms with Gasteiger partial charge in [0.1, 0.15) is 12.1 Å². The normalized spacial score (nSPS) is 12.1. The molecule has 0 amide bonds. The number of hydrogen-bond donors (Lipinski definition) is 1. The molecule has 1 aromatic carbocycles. The van der Waals surface area contributed by atoms with Gasteiger partial charge in [0.15, 0.2) is 0 Å². The number of fused-ring (bicyclic) bond motifs is 1. The Hall–Kier alpha value is -1.67. The van der Waals surface area contributed by atoms with Crippen LogP contribution in [0.15, 0.2) is 29.0 Å². The monoisotopic (exact) mass is 290 g/mol. The first kappa shape index (κ1) is 11.8. The van der Waals surface area contributed by atoms with Gasteiger partial charge in [-0.15, -0.1) is 0 Å². The first-order chi connectivity index (χ1) is 8.20. The zero-order valence-electron chi connectivity index (χ0n) is 9.31. The topological polar surface area (TPSA) is 61.6 Å². The predicted molar refractivity (Wildman–Crippen MR) is 70.5 cm³/mol. The van der Waals surface area contributed by atoms with Crippen LogP contribution in [0, 0.1) is 17.2 Å². The van der Waals surface area contributed by atoms with Gasteiger partial charge in [0.05, 0.1) is 17.5 Å². The van der Waals surface area contributed by atoms with Crippen molar-refractivity contribution in [3.8, 4) is 6.07 Å². The Balaban J connectivity index is 2.34. The van der Waals surface area contributed by atoms with Gasteiger partial charge in [0.25, 0.3) is 0 Å². The van der Waals surface area contributed by atoms with Crippen LogP contribution in [-0.4, -0.2) is 16.5 Å². The van der Waals surface area contributed by atoms with Gasteiger partial charge in [-0.05, 0) is 25.1 Å². The summed E-state index contributed by atoms with van der Waals surface area (Å²) in [5.74, 6) is 0.713. The molecule has 2 rings (SSSR count). The number of aromatic nitrogens is 2.